The molecule has 2 aromatic rings. The van der Waals surface area contributed by atoms with Crippen molar-refractivity contribution in [3.05, 3.63) is 76.6 Å². The maximum Gasteiger partial charge on any atom is 1.00 e. The van der Waals surface area contributed by atoms with Gasteiger partial charge < -0.3 is 33.8 Å². The summed E-state index contributed by atoms with van der Waals surface area (Å²) in [6.07, 6.45) is 3.41. The van der Waals surface area contributed by atoms with Crippen LogP contribution in [0.2, 0.25) is 5.02 Å². The van der Waals surface area contributed by atoms with Crippen LogP contribution < -0.4 is 28.9 Å². The molecule has 0 saturated carbocycles. The van der Waals surface area contributed by atoms with Crippen LogP contribution in [0.5, 0.6) is 0 Å². The molecule has 0 atom stereocenters. The Morgan fingerprint density at radius 2 is 1.78 bits per heavy atom. The van der Waals surface area contributed by atoms with E-state index < -0.39 is 0 Å². The molecule has 3 rings (SSSR count). The Kier molecular flexibility index (Phi) is 8.18. The molecule has 0 N–H and O–H groups in total. The van der Waals surface area contributed by atoms with E-state index in [1.165, 1.54) is 11.1 Å². The Balaban J connectivity index is 0.00000176. The van der Waals surface area contributed by atoms with Crippen molar-refractivity contribution in [2.45, 2.75) is 20.4 Å². The topological polar surface area (TPSA) is 6.48 Å². The van der Waals surface area contributed by atoms with Gasteiger partial charge in [-0.3, -0.25) is 0 Å². The summed E-state index contributed by atoms with van der Waals surface area (Å²) in [6.45, 7) is 5.85. The number of hydrogen-bond donors (Lipinski definition) is 0. The van der Waals surface area contributed by atoms with Crippen molar-refractivity contribution in [3.8, 4) is 0 Å². The van der Waals surface area contributed by atoms with E-state index in [9.17, 15) is 0 Å². The van der Waals surface area contributed by atoms with Crippen LogP contribution in [-0.4, -0.2) is 11.6 Å². The molecule has 0 unspecified atom stereocenters. The molecular weight excluding hydrogens is 604 g/mol. The zero-order valence-corrected chi connectivity index (χ0v) is 18.1. The fraction of sp³-hybridized carbons (Fsp3) is 0.222. The first-order chi connectivity index (χ1) is 10.1. The van der Waals surface area contributed by atoms with Crippen LogP contribution in [0.3, 0.4) is 0 Å². The Hall–Kier alpha value is -0.460. The number of hydrogen-bond acceptors (Lipinski definition) is 2. The van der Waals surface area contributed by atoms with E-state index in [1.807, 2.05) is 18.2 Å². The fourth-order valence-corrected chi connectivity index (χ4v) is 2.97. The second kappa shape index (κ2) is 9.14. The average molecular weight is 624 g/mol. The minimum absolute atomic E-state index is 0. The van der Waals surface area contributed by atoms with Gasteiger partial charge in [-0.25, -0.2) is 0 Å². The minimum atomic E-state index is 0. The summed E-state index contributed by atoms with van der Waals surface area (Å²) < 4.78 is 0. The molecule has 0 fully saturated rings. The van der Waals surface area contributed by atoms with Crippen LogP contribution in [0.4, 0.5) is 5.69 Å². The third-order valence-corrected chi connectivity index (χ3v) is 4.06. The van der Waals surface area contributed by atoms with Crippen molar-refractivity contribution in [2.75, 3.05) is 11.6 Å². The zero-order valence-electron chi connectivity index (χ0n) is 13.0. The largest absolute Gasteiger partial charge is 1.00 e. The summed E-state index contributed by atoms with van der Waals surface area (Å²) in [6, 6.07) is 16.5. The molecule has 23 heavy (non-hydrogen) atoms. The van der Waals surface area contributed by atoms with Crippen LogP contribution in [0.1, 0.15) is 19.5 Å². The van der Waals surface area contributed by atoms with Gasteiger partial charge in [0.1, 0.15) is 0 Å². The molecule has 1 heterocycles. The minimum Gasteiger partial charge on any atom is -1.00 e. The maximum absolute atomic E-state index is 6.36. The van der Waals surface area contributed by atoms with Gasteiger partial charge in [-0.2, -0.15) is 0 Å². The van der Waals surface area contributed by atoms with Crippen LogP contribution >= 0.6 is 11.6 Å². The van der Waals surface area contributed by atoms with Crippen LogP contribution in [0.25, 0.3) is 0 Å². The third-order valence-electron chi connectivity index (χ3n) is 3.76. The van der Waals surface area contributed by atoms with Crippen molar-refractivity contribution in [2.24, 2.45) is 0 Å². The number of aryl methyl sites for hydroxylation is 1. The summed E-state index contributed by atoms with van der Waals surface area (Å²) in [5.41, 5.74) is 4.66. The summed E-state index contributed by atoms with van der Waals surface area (Å²) in [5.74, 6) is 0. The van der Waals surface area contributed by atoms with Crippen molar-refractivity contribution in [1.29, 1.82) is 0 Å². The molecule has 0 aromatic heterocycles. The predicted octanol–water partition coefficient (Wildman–Crippen LogP) is 1.84. The molecule has 0 saturated heterocycles. The number of allylic oxidation sites excluding steroid dienone is 1. The molecule has 0 aliphatic carbocycles. The van der Waals surface area contributed by atoms with Gasteiger partial charge in [0.2, 0.25) is 0 Å². The molecule has 0 spiro atoms. The number of anilines is 1. The van der Waals surface area contributed by atoms with E-state index in [-0.39, 0.29) is 47.8 Å². The standard InChI is InChI=1S/C18H18ClN2.Au.HI.H2/c1-14-7-6-10-17(19)18(14)21-11-15(2)20(13-21)12-16-8-4-3-5-9-16;;;/h3-10H,12-13H2,1-2H3;;2*1H/q;+1;;/p-1. The summed E-state index contributed by atoms with van der Waals surface area (Å²) in [5, 5.41) is 0.775. The van der Waals surface area contributed by atoms with Gasteiger partial charge in [0.05, 0.1) is 23.6 Å². The van der Waals surface area contributed by atoms with E-state index in [0.717, 1.165) is 29.6 Å². The normalized spacial score (nSPS) is 13.3. The summed E-state index contributed by atoms with van der Waals surface area (Å²) >= 11 is 6.36. The van der Waals surface area contributed by atoms with Crippen LogP contribution in [0.15, 0.2) is 54.2 Å². The quantitative estimate of drug-likeness (QED) is 0.381. The number of para-hydroxylation sites is 1. The summed E-state index contributed by atoms with van der Waals surface area (Å²) in [7, 11) is 0. The van der Waals surface area contributed by atoms with Crippen molar-refractivity contribution >= 4 is 17.3 Å². The van der Waals surface area contributed by atoms with E-state index >= 15 is 0 Å². The van der Waals surface area contributed by atoms with Gasteiger partial charge in [-0.05, 0) is 31.0 Å². The van der Waals surface area contributed by atoms with Crippen molar-refractivity contribution in [1.82, 2.24) is 4.90 Å². The Bertz CT molecular complexity index is 662. The van der Waals surface area contributed by atoms with Gasteiger partial charge in [0, 0.05) is 13.7 Å². The number of halogens is 2. The maximum atomic E-state index is 6.36. The van der Waals surface area contributed by atoms with Gasteiger partial charge in [0.25, 0.3) is 0 Å². The molecule has 1 radical (unpaired) electrons. The first-order valence-electron chi connectivity index (χ1n) is 7.07. The second-order valence-corrected chi connectivity index (χ2v) is 5.76. The van der Waals surface area contributed by atoms with Gasteiger partial charge >= 0.3 is 22.4 Å². The van der Waals surface area contributed by atoms with Crippen molar-refractivity contribution < 1.29 is 47.8 Å². The molecule has 0 bridgehead atoms. The molecule has 1 aliphatic heterocycles. The molecule has 0 amide bonds. The van der Waals surface area contributed by atoms with Crippen LogP contribution in [-0.2, 0) is 28.9 Å². The monoisotopic (exact) mass is 623 g/mol. The number of nitrogens with zero attached hydrogens (tertiary/aromatic N) is 2. The van der Waals surface area contributed by atoms with E-state index in [0.29, 0.717) is 0 Å². The average Bonchev–Trinajstić information content (AvgIpc) is 2.81. The molecule has 5 heteroatoms. The molecular formula is C18H20AuClIN2. The second-order valence-electron chi connectivity index (χ2n) is 5.36. The zero-order chi connectivity index (χ0) is 14.8. The third kappa shape index (κ3) is 4.77. The van der Waals surface area contributed by atoms with E-state index in [1.54, 1.807) is 0 Å². The smallest absolute Gasteiger partial charge is 1.00 e. The Morgan fingerprint density at radius 3 is 2.43 bits per heavy atom. The first kappa shape index (κ1) is 20.6. The van der Waals surface area contributed by atoms with Gasteiger partial charge in [-0.1, -0.05) is 54.1 Å². The predicted molar refractivity (Wildman–Crippen MR) is 90.1 cm³/mol. The first-order valence-corrected chi connectivity index (χ1v) is 7.44. The van der Waals surface area contributed by atoms with Gasteiger partial charge in [0.15, 0.2) is 0 Å². The molecule has 2 aromatic carbocycles. The van der Waals surface area contributed by atoms with Crippen molar-refractivity contribution in [3.63, 3.8) is 0 Å². The SMILES string of the molecule is CC1=[C]N(c2c(C)cccc2Cl)CN1Cc1ccccc1.[Au+].[HH].[I-]. The Morgan fingerprint density at radius 1 is 1.09 bits per heavy atom. The van der Waals surface area contributed by atoms with Gasteiger partial charge in [-0.15, -0.1) is 0 Å². The van der Waals surface area contributed by atoms with E-state index in [2.05, 4.69) is 60.2 Å². The Labute approximate surface area is 177 Å². The molecule has 1 aliphatic rings. The molecule has 2 nitrogen and oxygen atoms in total. The number of benzene rings is 2. The van der Waals surface area contributed by atoms with E-state index in [4.69, 9.17) is 11.6 Å². The fourth-order valence-electron chi connectivity index (χ4n) is 2.64. The van der Waals surface area contributed by atoms with Crippen LogP contribution in [0, 0.1) is 13.1 Å². The molecule has 127 valence electrons. The summed E-state index contributed by atoms with van der Waals surface area (Å²) in [4.78, 5) is 4.41. The number of rotatable bonds is 3.